The zero-order chi connectivity index (χ0) is 17.2. The largest absolute Gasteiger partial charge is 0.332 e. The van der Waals surface area contributed by atoms with Crippen molar-refractivity contribution in [1.82, 2.24) is 9.21 Å². The van der Waals surface area contributed by atoms with E-state index >= 15 is 0 Å². The quantitative estimate of drug-likeness (QED) is 0.819. The number of hydrogen-bond donors (Lipinski definition) is 1. The molecule has 0 aromatic heterocycles. The standard InChI is InChI=1S/C17H25N3O3S/c1-2-18-11-13-19(14-12-18)17(21)15-5-7-16(8-6-15)24(22,23)20-9-3-4-10-20/h5-8H,2-4,9-14H2,1H3/p+1. The van der Waals surface area contributed by atoms with Gasteiger partial charge in [0.25, 0.3) is 5.91 Å². The van der Waals surface area contributed by atoms with Gasteiger partial charge in [0.15, 0.2) is 0 Å². The van der Waals surface area contributed by atoms with Gasteiger partial charge in [0.1, 0.15) is 0 Å². The van der Waals surface area contributed by atoms with Crippen molar-refractivity contribution in [2.45, 2.75) is 24.7 Å². The first-order valence-corrected chi connectivity index (χ1v) is 10.2. The number of piperazine rings is 1. The van der Waals surface area contributed by atoms with Gasteiger partial charge in [-0.25, -0.2) is 8.42 Å². The molecule has 2 heterocycles. The minimum atomic E-state index is -3.41. The molecule has 1 N–H and O–H groups in total. The van der Waals surface area contributed by atoms with Gasteiger partial charge in [-0.15, -0.1) is 0 Å². The molecule has 1 aromatic rings. The lowest BCUT2D eigenvalue weighted by Gasteiger charge is -2.31. The molecule has 1 amide bonds. The Balaban J connectivity index is 1.69. The summed E-state index contributed by atoms with van der Waals surface area (Å²) in [4.78, 5) is 16.2. The highest BCUT2D eigenvalue weighted by Crippen LogP contribution is 2.21. The summed E-state index contributed by atoms with van der Waals surface area (Å²) in [6.07, 6.45) is 1.84. The smallest absolute Gasteiger partial charge is 0.254 e. The first-order valence-electron chi connectivity index (χ1n) is 8.75. The van der Waals surface area contributed by atoms with Crippen LogP contribution in [0.25, 0.3) is 0 Å². The number of quaternary nitrogens is 1. The van der Waals surface area contributed by atoms with E-state index in [0.717, 1.165) is 45.6 Å². The van der Waals surface area contributed by atoms with Crippen LogP contribution in [0.2, 0.25) is 0 Å². The summed E-state index contributed by atoms with van der Waals surface area (Å²) in [6.45, 7) is 7.90. The fourth-order valence-electron chi connectivity index (χ4n) is 3.41. The molecule has 7 heteroatoms. The van der Waals surface area contributed by atoms with E-state index in [0.29, 0.717) is 18.7 Å². The highest BCUT2D eigenvalue weighted by Gasteiger charge is 2.28. The van der Waals surface area contributed by atoms with Crippen LogP contribution in [0.15, 0.2) is 29.2 Å². The molecule has 6 nitrogen and oxygen atoms in total. The van der Waals surface area contributed by atoms with E-state index in [1.54, 1.807) is 24.3 Å². The minimum Gasteiger partial charge on any atom is -0.332 e. The van der Waals surface area contributed by atoms with Crippen molar-refractivity contribution in [2.24, 2.45) is 0 Å². The topological polar surface area (TPSA) is 62.1 Å². The lowest BCUT2D eigenvalue weighted by atomic mass is 10.2. The van der Waals surface area contributed by atoms with E-state index in [1.807, 2.05) is 4.90 Å². The molecule has 24 heavy (non-hydrogen) atoms. The first-order chi connectivity index (χ1) is 11.5. The summed E-state index contributed by atoms with van der Waals surface area (Å²) in [5.41, 5.74) is 0.565. The molecule has 0 spiro atoms. The Kier molecular flexibility index (Phi) is 5.22. The van der Waals surface area contributed by atoms with Crippen molar-refractivity contribution in [1.29, 1.82) is 0 Å². The van der Waals surface area contributed by atoms with Crippen molar-refractivity contribution < 1.29 is 18.1 Å². The van der Waals surface area contributed by atoms with Crippen LogP contribution in [-0.2, 0) is 10.0 Å². The lowest BCUT2D eigenvalue weighted by Crippen LogP contribution is -3.14. The maximum atomic E-state index is 12.6. The first kappa shape index (κ1) is 17.4. The number of rotatable bonds is 4. The predicted octanol–water partition coefficient (Wildman–Crippen LogP) is -0.168. The summed E-state index contributed by atoms with van der Waals surface area (Å²) in [5.74, 6) is -0.00438. The number of benzene rings is 1. The molecular formula is C17H26N3O3S+. The summed E-state index contributed by atoms with van der Waals surface area (Å²) in [6, 6.07) is 6.41. The van der Waals surface area contributed by atoms with Crippen LogP contribution in [0.4, 0.5) is 0 Å². The number of nitrogens with zero attached hydrogens (tertiary/aromatic N) is 2. The number of sulfonamides is 1. The molecule has 132 valence electrons. The number of nitrogens with one attached hydrogen (secondary N) is 1. The summed E-state index contributed by atoms with van der Waals surface area (Å²) in [7, 11) is -3.41. The number of likely N-dealkylation sites (N-methyl/N-ethyl adjacent to an activating group) is 1. The molecule has 0 radical (unpaired) electrons. The molecule has 2 aliphatic rings. The third kappa shape index (κ3) is 3.48. The Bertz CT molecular complexity index is 674. The second-order valence-electron chi connectivity index (χ2n) is 6.53. The fraction of sp³-hybridized carbons (Fsp3) is 0.588. The van der Waals surface area contributed by atoms with Gasteiger partial charge < -0.3 is 9.80 Å². The summed E-state index contributed by atoms with van der Waals surface area (Å²) in [5, 5.41) is 0. The van der Waals surface area contributed by atoms with Gasteiger partial charge in [-0.05, 0) is 44.0 Å². The van der Waals surface area contributed by atoms with E-state index < -0.39 is 10.0 Å². The van der Waals surface area contributed by atoms with Crippen molar-refractivity contribution in [2.75, 3.05) is 45.8 Å². The number of hydrogen-bond acceptors (Lipinski definition) is 3. The molecule has 0 aliphatic carbocycles. The van der Waals surface area contributed by atoms with Gasteiger partial charge in [0, 0.05) is 18.7 Å². The average molecular weight is 352 g/mol. The third-order valence-corrected chi connectivity index (χ3v) is 6.97. The molecule has 2 fully saturated rings. The van der Waals surface area contributed by atoms with Crippen LogP contribution >= 0.6 is 0 Å². The second-order valence-corrected chi connectivity index (χ2v) is 8.47. The highest BCUT2D eigenvalue weighted by atomic mass is 32.2. The zero-order valence-corrected chi connectivity index (χ0v) is 15.0. The Morgan fingerprint density at radius 1 is 1.04 bits per heavy atom. The van der Waals surface area contributed by atoms with Gasteiger partial charge in [-0.3, -0.25) is 4.79 Å². The lowest BCUT2D eigenvalue weighted by molar-refractivity contribution is -0.902. The van der Waals surface area contributed by atoms with Crippen LogP contribution in [0.3, 0.4) is 0 Å². The molecule has 0 bridgehead atoms. The molecule has 1 aromatic carbocycles. The van der Waals surface area contributed by atoms with Crippen LogP contribution in [0.5, 0.6) is 0 Å². The molecule has 2 aliphatic heterocycles. The average Bonchev–Trinajstić information content (AvgIpc) is 3.17. The molecule has 2 saturated heterocycles. The Morgan fingerprint density at radius 2 is 1.62 bits per heavy atom. The van der Waals surface area contributed by atoms with Crippen LogP contribution < -0.4 is 4.90 Å². The van der Waals surface area contributed by atoms with E-state index in [4.69, 9.17) is 0 Å². The Morgan fingerprint density at radius 3 is 2.17 bits per heavy atom. The Hall–Kier alpha value is -1.44. The monoisotopic (exact) mass is 352 g/mol. The zero-order valence-electron chi connectivity index (χ0n) is 14.2. The van der Waals surface area contributed by atoms with Gasteiger partial charge >= 0.3 is 0 Å². The summed E-state index contributed by atoms with van der Waals surface area (Å²) < 4.78 is 26.6. The van der Waals surface area contributed by atoms with Crippen LogP contribution in [-0.4, -0.2) is 69.3 Å². The van der Waals surface area contributed by atoms with Gasteiger partial charge in [0.2, 0.25) is 10.0 Å². The molecule has 3 rings (SSSR count). The maximum Gasteiger partial charge on any atom is 0.254 e. The van der Waals surface area contributed by atoms with Crippen LogP contribution in [0.1, 0.15) is 30.1 Å². The van der Waals surface area contributed by atoms with Crippen molar-refractivity contribution in [3.8, 4) is 0 Å². The fourth-order valence-corrected chi connectivity index (χ4v) is 4.93. The molecule has 0 unspecified atom stereocenters. The number of carbonyl (C=O) groups is 1. The Labute approximate surface area is 144 Å². The molecule has 0 atom stereocenters. The number of amides is 1. The van der Waals surface area contributed by atoms with E-state index in [1.165, 1.54) is 9.21 Å². The van der Waals surface area contributed by atoms with E-state index in [2.05, 4.69) is 6.92 Å². The van der Waals surface area contributed by atoms with Crippen molar-refractivity contribution in [3.63, 3.8) is 0 Å². The molecular weight excluding hydrogens is 326 g/mol. The second kappa shape index (κ2) is 7.21. The van der Waals surface area contributed by atoms with Gasteiger partial charge in [-0.2, -0.15) is 4.31 Å². The van der Waals surface area contributed by atoms with Crippen molar-refractivity contribution in [3.05, 3.63) is 29.8 Å². The van der Waals surface area contributed by atoms with Crippen LogP contribution in [0, 0.1) is 0 Å². The molecule has 0 saturated carbocycles. The van der Waals surface area contributed by atoms with E-state index in [9.17, 15) is 13.2 Å². The maximum absolute atomic E-state index is 12.6. The SMILES string of the molecule is CC[NH+]1CCN(C(=O)c2ccc(S(=O)(=O)N3CCCC3)cc2)CC1. The van der Waals surface area contributed by atoms with Gasteiger partial charge in [0.05, 0.1) is 37.6 Å². The normalized spacial score (nSPS) is 20.5. The summed E-state index contributed by atoms with van der Waals surface area (Å²) >= 11 is 0. The minimum absolute atomic E-state index is 0.00438. The predicted molar refractivity (Wildman–Crippen MR) is 91.6 cm³/mol. The highest BCUT2D eigenvalue weighted by molar-refractivity contribution is 7.89. The number of carbonyl (C=O) groups excluding carboxylic acids is 1. The third-order valence-electron chi connectivity index (χ3n) is 5.06. The van der Waals surface area contributed by atoms with Crippen molar-refractivity contribution >= 4 is 15.9 Å². The van der Waals surface area contributed by atoms with Gasteiger partial charge in [-0.1, -0.05) is 0 Å². The van der Waals surface area contributed by atoms with E-state index in [-0.39, 0.29) is 10.8 Å².